The SMILES string of the molecule is Cc1cc(-c2cc(-c3ccc(OCC(=O)NCC(C)C)cc3)[nH]c(=O)n2)ccc1O. The number of hydrogen-bond donors (Lipinski definition) is 3. The number of nitrogens with one attached hydrogen (secondary N) is 2. The molecule has 1 aromatic heterocycles. The largest absolute Gasteiger partial charge is 0.508 e. The molecule has 7 nitrogen and oxygen atoms in total. The van der Waals surface area contributed by atoms with Gasteiger partial charge < -0.3 is 20.1 Å². The maximum atomic E-state index is 12.1. The number of amides is 1. The zero-order valence-corrected chi connectivity index (χ0v) is 17.2. The van der Waals surface area contributed by atoms with E-state index in [9.17, 15) is 14.7 Å². The van der Waals surface area contributed by atoms with Gasteiger partial charge in [0.25, 0.3) is 5.91 Å². The first-order valence-electron chi connectivity index (χ1n) is 9.73. The van der Waals surface area contributed by atoms with Crippen LogP contribution >= 0.6 is 0 Å². The van der Waals surface area contributed by atoms with Gasteiger partial charge in [0.05, 0.1) is 11.4 Å². The van der Waals surface area contributed by atoms with Gasteiger partial charge in [-0.15, -0.1) is 0 Å². The van der Waals surface area contributed by atoms with Crippen molar-refractivity contribution in [1.29, 1.82) is 0 Å². The van der Waals surface area contributed by atoms with E-state index >= 15 is 0 Å². The van der Waals surface area contributed by atoms with Gasteiger partial charge in [-0.1, -0.05) is 13.8 Å². The summed E-state index contributed by atoms with van der Waals surface area (Å²) < 4.78 is 5.51. The van der Waals surface area contributed by atoms with Gasteiger partial charge in [-0.2, -0.15) is 4.98 Å². The molecule has 0 spiro atoms. The van der Waals surface area contributed by atoms with Gasteiger partial charge in [-0.25, -0.2) is 4.79 Å². The molecule has 1 amide bonds. The van der Waals surface area contributed by atoms with Crippen molar-refractivity contribution in [2.75, 3.05) is 13.2 Å². The van der Waals surface area contributed by atoms with E-state index < -0.39 is 5.69 Å². The molecule has 0 aliphatic heterocycles. The predicted molar refractivity (Wildman–Crippen MR) is 115 cm³/mol. The summed E-state index contributed by atoms with van der Waals surface area (Å²) in [7, 11) is 0. The van der Waals surface area contributed by atoms with Crippen LogP contribution in [0.5, 0.6) is 11.5 Å². The number of phenols is 1. The Balaban J connectivity index is 1.74. The van der Waals surface area contributed by atoms with Crippen LogP contribution in [0.3, 0.4) is 0 Å². The van der Waals surface area contributed by atoms with Crippen molar-refractivity contribution in [2.45, 2.75) is 20.8 Å². The maximum absolute atomic E-state index is 12.1. The second-order valence-corrected chi connectivity index (χ2v) is 7.50. The Labute approximate surface area is 174 Å². The molecule has 30 heavy (non-hydrogen) atoms. The number of ether oxygens (including phenoxy) is 1. The van der Waals surface area contributed by atoms with Crippen LogP contribution in [0.1, 0.15) is 19.4 Å². The minimum atomic E-state index is -0.463. The summed E-state index contributed by atoms with van der Waals surface area (Å²) in [5.74, 6) is 0.965. The molecule has 0 saturated carbocycles. The Morgan fingerprint density at radius 2 is 1.83 bits per heavy atom. The third-order valence-corrected chi connectivity index (χ3v) is 4.48. The standard InChI is InChI=1S/C23H25N3O4/c1-14(2)12-24-22(28)13-30-18-7-4-16(5-8-18)19-11-20(26-23(29)25-19)17-6-9-21(27)15(3)10-17/h4-11,14,27H,12-13H2,1-3H3,(H,24,28)(H,25,26,29). The fourth-order valence-electron chi connectivity index (χ4n) is 2.82. The van der Waals surface area contributed by atoms with Crippen molar-refractivity contribution in [2.24, 2.45) is 5.92 Å². The monoisotopic (exact) mass is 407 g/mol. The fraction of sp³-hybridized carbons (Fsp3) is 0.261. The fourth-order valence-corrected chi connectivity index (χ4v) is 2.82. The van der Waals surface area contributed by atoms with Crippen LogP contribution in [-0.4, -0.2) is 34.1 Å². The molecule has 0 aliphatic rings. The summed E-state index contributed by atoms with van der Waals surface area (Å²) in [6, 6.07) is 14.0. The molecule has 156 valence electrons. The van der Waals surface area contributed by atoms with Crippen molar-refractivity contribution in [3.05, 3.63) is 64.6 Å². The summed E-state index contributed by atoms with van der Waals surface area (Å²) >= 11 is 0. The number of aromatic hydroxyl groups is 1. The molecule has 0 aliphatic carbocycles. The first-order chi connectivity index (χ1) is 14.3. The van der Waals surface area contributed by atoms with Crippen LogP contribution < -0.4 is 15.7 Å². The average molecular weight is 407 g/mol. The molecule has 0 bridgehead atoms. The molecular formula is C23H25N3O4. The molecule has 0 unspecified atom stereocenters. The summed E-state index contributed by atoms with van der Waals surface area (Å²) in [5.41, 5.74) is 2.88. The van der Waals surface area contributed by atoms with Crippen molar-refractivity contribution in [3.63, 3.8) is 0 Å². The highest BCUT2D eigenvalue weighted by atomic mass is 16.5. The number of nitrogens with zero attached hydrogens (tertiary/aromatic N) is 1. The van der Waals surface area contributed by atoms with Gasteiger partial charge in [-0.05, 0) is 72.5 Å². The molecule has 3 N–H and O–H groups in total. The van der Waals surface area contributed by atoms with Gasteiger partial charge >= 0.3 is 5.69 Å². The van der Waals surface area contributed by atoms with E-state index in [1.807, 2.05) is 13.8 Å². The number of carbonyl (C=O) groups is 1. The second kappa shape index (κ2) is 9.26. The Morgan fingerprint density at radius 3 is 2.50 bits per heavy atom. The number of aryl methyl sites for hydroxylation is 1. The lowest BCUT2D eigenvalue weighted by Gasteiger charge is -2.10. The summed E-state index contributed by atoms with van der Waals surface area (Å²) in [4.78, 5) is 30.6. The third kappa shape index (κ3) is 5.47. The number of hydrogen-bond acceptors (Lipinski definition) is 5. The van der Waals surface area contributed by atoms with Gasteiger partial charge in [0.15, 0.2) is 6.61 Å². The van der Waals surface area contributed by atoms with Crippen LogP contribution in [0, 0.1) is 12.8 Å². The Bertz CT molecular complexity index is 1090. The number of rotatable bonds is 7. The molecule has 7 heteroatoms. The number of phenolic OH excluding ortho intramolecular Hbond substituents is 1. The Kier molecular flexibility index (Phi) is 6.51. The Morgan fingerprint density at radius 1 is 1.13 bits per heavy atom. The van der Waals surface area contributed by atoms with E-state index in [0.29, 0.717) is 35.2 Å². The molecular weight excluding hydrogens is 382 g/mol. The van der Waals surface area contributed by atoms with Crippen LogP contribution in [0.15, 0.2) is 53.3 Å². The maximum Gasteiger partial charge on any atom is 0.345 e. The molecule has 3 rings (SSSR count). The average Bonchev–Trinajstić information content (AvgIpc) is 2.72. The minimum absolute atomic E-state index is 0.0531. The van der Waals surface area contributed by atoms with Gasteiger partial charge in [0, 0.05) is 12.1 Å². The van der Waals surface area contributed by atoms with E-state index in [0.717, 1.165) is 11.1 Å². The molecule has 0 atom stereocenters. The third-order valence-electron chi connectivity index (χ3n) is 4.48. The van der Waals surface area contributed by atoms with E-state index in [1.165, 1.54) is 0 Å². The number of aromatic amines is 1. The molecule has 0 radical (unpaired) electrons. The lowest BCUT2D eigenvalue weighted by Crippen LogP contribution is -2.31. The molecule has 0 fully saturated rings. The van der Waals surface area contributed by atoms with Crippen LogP contribution in [-0.2, 0) is 4.79 Å². The summed E-state index contributed by atoms with van der Waals surface area (Å²) in [6.45, 7) is 6.39. The topological polar surface area (TPSA) is 104 Å². The first kappa shape index (κ1) is 21.1. The highest BCUT2D eigenvalue weighted by molar-refractivity contribution is 5.77. The van der Waals surface area contributed by atoms with E-state index in [-0.39, 0.29) is 18.3 Å². The minimum Gasteiger partial charge on any atom is -0.508 e. The molecule has 0 saturated heterocycles. The summed E-state index contributed by atoms with van der Waals surface area (Å²) in [6.07, 6.45) is 0. The zero-order valence-electron chi connectivity index (χ0n) is 17.2. The van der Waals surface area contributed by atoms with E-state index in [1.54, 1.807) is 55.5 Å². The number of aromatic nitrogens is 2. The smallest absolute Gasteiger partial charge is 0.345 e. The number of benzene rings is 2. The van der Waals surface area contributed by atoms with Crippen molar-refractivity contribution >= 4 is 5.91 Å². The van der Waals surface area contributed by atoms with Crippen LogP contribution in [0.25, 0.3) is 22.5 Å². The van der Waals surface area contributed by atoms with Crippen LogP contribution in [0.2, 0.25) is 0 Å². The highest BCUT2D eigenvalue weighted by Gasteiger charge is 2.09. The molecule has 1 heterocycles. The van der Waals surface area contributed by atoms with E-state index in [2.05, 4.69) is 15.3 Å². The van der Waals surface area contributed by atoms with Crippen molar-refractivity contribution in [3.8, 4) is 34.0 Å². The Hall–Kier alpha value is -3.61. The summed E-state index contributed by atoms with van der Waals surface area (Å²) in [5, 5.41) is 12.5. The normalized spacial score (nSPS) is 10.8. The van der Waals surface area contributed by atoms with Gasteiger partial charge in [-0.3, -0.25) is 4.79 Å². The lowest BCUT2D eigenvalue weighted by molar-refractivity contribution is -0.123. The van der Waals surface area contributed by atoms with Gasteiger partial charge in [0.2, 0.25) is 0 Å². The highest BCUT2D eigenvalue weighted by Crippen LogP contribution is 2.26. The van der Waals surface area contributed by atoms with E-state index in [4.69, 9.17) is 4.74 Å². The molecule has 2 aromatic carbocycles. The predicted octanol–water partition coefficient (Wildman–Crippen LogP) is 3.27. The zero-order chi connectivity index (χ0) is 21.7. The van der Waals surface area contributed by atoms with Gasteiger partial charge in [0.1, 0.15) is 11.5 Å². The molecule has 3 aromatic rings. The van der Waals surface area contributed by atoms with Crippen molar-refractivity contribution in [1.82, 2.24) is 15.3 Å². The first-order valence-corrected chi connectivity index (χ1v) is 9.73. The van der Waals surface area contributed by atoms with Crippen molar-refractivity contribution < 1.29 is 14.6 Å². The number of carbonyl (C=O) groups excluding carboxylic acids is 1. The lowest BCUT2D eigenvalue weighted by atomic mass is 10.1. The number of H-pyrrole nitrogens is 1. The quantitative estimate of drug-likeness (QED) is 0.558. The second-order valence-electron chi connectivity index (χ2n) is 7.50. The van der Waals surface area contributed by atoms with Crippen LogP contribution in [0.4, 0.5) is 0 Å².